The van der Waals surface area contributed by atoms with Gasteiger partial charge < -0.3 is 14.6 Å². The van der Waals surface area contributed by atoms with E-state index in [1.807, 2.05) is 13.8 Å². The van der Waals surface area contributed by atoms with Crippen LogP contribution in [0.25, 0.3) is 0 Å². The van der Waals surface area contributed by atoms with Gasteiger partial charge in [-0.2, -0.15) is 0 Å². The number of carbonyl (C=O) groups excluding carboxylic acids is 3. The van der Waals surface area contributed by atoms with Gasteiger partial charge in [-0.1, -0.05) is 38.0 Å². The third-order valence-electron chi connectivity index (χ3n) is 12.1. The van der Waals surface area contributed by atoms with Gasteiger partial charge in [-0.15, -0.1) is 0 Å². The van der Waals surface area contributed by atoms with Gasteiger partial charge >= 0.3 is 17.9 Å². The number of carboxylic acid groups (broad SMARTS) is 1. The maximum atomic E-state index is 13.0. The molecule has 7 heteroatoms. The van der Waals surface area contributed by atoms with Gasteiger partial charge in [0.05, 0.1) is 5.92 Å². The van der Waals surface area contributed by atoms with E-state index in [4.69, 9.17) is 9.47 Å². The molecule has 10 atom stereocenters. The van der Waals surface area contributed by atoms with Crippen LogP contribution in [-0.2, 0) is 28.7 Å². The molecule has 2 unspecified atom stereocenters. The van der Waals surface area contributed by atoms with Crippen LogP contribution < -0.4 is 0 Å². The van der Waals surface area contributed by atoms with Crippen LogP contribution in [0.5, 0.6) is 0 Å². The Labute approximate surface area is 231 Å². The molecule has 1 saturated heterocycles. The standard InChI is InChI=1S/C32H44O7/c1-17(2)14-19(34)15-20-26-23(39-27(20)35)16-31(6)22-8-9-24-29(4,21(22)10-13-30(26,31)5)12-11-25(38-18(3)33)32(24,7)28(36)37/h8,14,20-21,23-26H,9-13,15-16H2,1-7H3,(H,36,37)/t20-,21?,23+,24?,25-,26-,29-,30+,31-,32+/m1/s1. The summed E-state index contributed by atoms with van der Waals surface area (Å²) in [5.74, 6) is -1.98. The van der Waals surface area contributed by atoms with E-state index in [1.165, 1.54) is 12.5 Å². The normalized spacial score (nSPS) is 46.0. The van der Waals surface area contributed by atoms with E-state index >= 15 is 0 Å². The van der Waals surface area contributed by atoms with Gasteiger partial charge in [-0.3, -0.25) is 19.2 Å². The molecule has 0 aromatic carbocycles. The highest BCUT2D eigenvalue weighted by atomic mass is 16.6. The lowest BCUT2D eigenvalue weighted by atomic mass is 9.40. The van der Waals surface area contributed by atoms with E-state index in [9.17, 15) is 24.3 Å². The molecule has 0 bridgehead atoms. The average molecular weight is 541 g/mol. The highest BCUT2D eigenvalue weighted by Gasteiger charge is 2.72. The van der Waals surface area contributed by atoms with Crippen LogP contribution >= 0.6 is 0 Å². The maximum absolute atomic E-state index is 13.0. The molecule has 5 aliphatic rings. The fraction of sp³-hybridized carbons (Fsp3) is 0.750. The van der Waals surface area contributed by atoms with Crippen LogP contribution in [0.4, 0.5) is 0 Å². The molecule has 7 nitrogen and oxygen atoms in total. The van der Waals surface area contributed by atoms with Crippen molar-refractivity contribution in [2.75, 3.05) is 0 Å². The second-order valence-corrected chi connectivity index (χ2v) is 14.2. The molecule has 4 aliphatic carbocycles. The Hall–Kier alpha value is -2.44. The predicted octanol–water partition coefficient (Wildman–Crippen LogP) is 5.66. The maximum Gasteiger partial charge on any atom is 0.313 e. The van der Waals surface area contributed by atoms with Crippen LogP contribution in [0.2, 0.25) is 0 Å². The van der Waals surface area contributed by atoms with Gasteiger partial charge in [-0.05, 0) is 93.5 Å². The Morgan fingerprint density at radius 3 is 2.41 bits per heavy atom. The number of carbonyl (C=O) groups is 4. The molecule has 0 amide bonds. The predicted molar refractivity (Wildman–Crippen MR) is 144 cm³/mol. The molecule has 1 N–H and O–H groups in total. The molecule has 1 aliphatic heterocycles. The van der Waals surface area contributed by atoms with Crippen molar-refractivity contribution in [1.29, 1.82) is 0 Å². The molecule has 0 radical (unpaired) electrons. The highest BCUT2D eigenvalue weighted by Crippen LogP contribution is 2.74. The van der Waals surface area contributed by atoms with Crippen LogP contribution in [0.1, 0.15) is 93.4 Å². The third-order valence-corrected chi connectivity index (χ3v) is 12.1. The fourth-order valence-corrected chi connectivity index (χ4v) is 10.1. The summed E-state index contributed by atoms with van der Waals surface area (Å²) in [6.45, 7) is 13.8. The smallest absolute Gasteiger partial charge is 0.313 e. The van der Waals surface area contributed by atoms with E-state index in [1.54, 1.807) is 13.0 Å². The lowest BCUT2D eigenvalue weighted by Crippen LogP contribution is -2.61. The van der Waals surface area contributed by atoms with Gasteiger partial charge in [0.2, 0.25) is 0 Å². The van der Waals surface area contributed by atoms with Gasteiger partial charge in [0.25, 0.3) is 0 Å². The largest absolute Gasteiger partial charge is 0.481 e. The van der Waals surface area contributed by atoms with Gasteiger partial charge in [0, 0.05) is 19.3 Å². The van der Waals surface area contributed by atoms with Gasteiger partial charge in [0.15, 0.2) is 5.78 Å². The van der Waals surface area contributed by atoms with Crippen molar-refractivity contribution in [3.8, 4) is 0 Å². The SMILES string of the molecule is CC(=O)O[C@@H]1CC[C@]2(C)C3CC[C@@]4(C)[C@H]5[C@H](C[C@]4(C)C3=CCC2[C@]1(C)C(=O)O)OC(=O)[C@@H]5CC(=O)C=C(C)C. The number of fused-ring (bicyclic) bond motifs is 7. The summed E-state index contributed by atoms with van der Waals surface area (Å²) in [5.41, 5.74) is 0.498. The molecule has 4 fully saturated rings. The van der Waals surface area contributed by atoms with Crippen molar-refractivity contribution in [2.24, 2.45) is 45.3 Å². The summed E-state index contributed by atoms with van der Waals surface area (Å²) < 4.78 is 11.6. The summed E-state index contributed by atoms with van der Waals surface area (Å²) in [7, 11) is 0. The molecule has 39 heavy (non-hydrogen) atoms. The highest BCUT2D eigenvalue weighted by molar-refractivity contribution is 5.93. The zero-order valence-electron chi connectivity index (χ0n) is 24.5. The van der Waals surface area contributed by atoms with Gasteiger partial charge in [0.1, 0.15) is 17.6 Å². The molecule has 214 valence electrons. The Balaban J connectivity index is 1.51. The molecule has 0 aromatic rings. The molecule has 1 heterocycles. The fourth-order valence-electron chi connectivity index (χ4n) is 10.1. The monoisotopic (exact) mass is 540 g/mol. The van der Waals surface area contributed by atoms with Crippen molar-refractivity contribution in [3.05, 3.63) is 23.3 Å². The number of carboxylic acids is 1. The molecular formula is C32H44O7. The first kappa shape index (κ1) is 28.1. The number of aliphatic carboxylic acids is 1. The first-order chi connectivity index (χ1) is 18.1. The summed E-state index contributed by atoms with van der Waals surface area (Å²) >= 11 is 0. The van der Waals surface area contributed by atoms with Crippen molar-refractivity contribution < 1.29 is 33.8 Å². The van der Waals surface area contributed by atoms with Gasteiger partial charge in [-0.25, -0.2) is 0 Å². The lowest BCUT2D eigenvalue weighted by molar-refractivity contribution is -0.194. The molecular weight excluding hydrogens is 496 g/mol. The molecule has 0 aromatic heterocycles. The number of hydrogen-bond acceptors (Lipinski definition) is 6. The lowest BCUT2D eigenvalue weighted by Gasteiger charge is -2.63. The Bertz CT molecular complexity index is 1180. The molecule has 3 saturated carbocycles. The number of ketones is 1. The third kappa shape index (κ3) is 3.81. The van der Waals surface area contributed by atoms with Crippen molar-refractivity contribution in [3.63, 3.8) is 0 Å². The topological polar surface area (TPSA) is 107 Å². The summed E-state index contributed by atoms with van der Waals surface area (Å²) in [4.78, 5) is 50.4. The Morgan fingerprint density at radius 1 is 1.10 bits per heavy atom. The molecule has 5 rings (SSSR count). The minimum Gasteiger partial charge on any atom is -0.481 e. The minimum absolute atomic E-state index is 0.0131. The number of rotatable bonds is 5. The molecule has 0 spiro atoms. The minimum atomic E-state index is -1.17. The van der Waals surface area contributed by atoms with E-state index in [0.29, 0.717) is 12.8 Å². The van der Waals surface area contributed by atoms with E-state index in [-0.39, 0.29) is 58.3 Å². The number of allylic oxidation sites excluding steroid dienone is 4. The van der Waals surface area contributed by atoms with E-state index in [2.05, 4.69) is 26.8 Å². The van der Waals surface area contributed by atoms with Crippen LogP contribution in [-0.4, -0.2) is 41.0 Å². The second kappa shape index (κ2) is 9.04. The zero-order valence-corrected chi connectivity index (χ0v) is 24.5. The van der Waals surface area contributed by atoms with Crippen LogP contribution in [0, 0.1) is 45.3 Å². The van der Waals surface area contributed by atoms with E-state index < -0.39 is 29.4 Å². The number of esters is 2. The zero-order chi connectivity index (χ0) is 28.7. The second-order valence-electron chi connectivity index (χ2n) is 14.2. The van der Waals surface area contributed by atoms with Crippen LogP contribution in [0.3, 0.4) is 0 Å². The van der Waals surface area contributed by atoms with Crippen LogP contribution in [0.15, 0.2) is 23.3 Å². The summed E-state index contributed by atoms with van der Waals surface area (Å²) in [6.07, 6.45) is 7.76. The van der Waals surface area contributed by atoms with Crippen molar-refractivity contribution in [1.82, 2.24) is 0 Å². The first-order valence-corrected chi connectivity index (χ1v) is 14.6. The Morgan fingerprint density at radius 2 is 1.79 bits per heavy atom. The van der Waals surface area contributed by atoms with E-state index in [0.717, 1.165) is 31.3 Å². The average Bonchev–Trinajstić information content (AvgIpc) is 3.24. The van der Waals surface area contributed by atoms with Crippen molar-refractivity contribution in [2.45, 2.75) is 106 Å². The number of hydrogen-bond donors (Lipinski definition) is 1. The number of ether oxygens (including phenoxy) is 2. The Kier molecular flexibility index (Phi) is 6.51. The quantitative estimate of drug-likeness (QED) is 0.272. The van der Waals surface area contributed by atoms with Crippen molar-refractivity contribution >= 4 is 23.7 Å². The summed E-state index contributed by atoms with van der Waals surface area (Å²) in [6, 6.07) is 0. The summed E-state index contributed by atoms with van der Waals surface area (Å²) in [5, 5.41) is 10.5. The first-order valence-electron chi connectivity index (χ1n) is 14.6.